The topological polar surface area (TPSA) is 72.8 Å². The molecule has 39 heavy (non-hydrogen) atoms. The van der Waals surface area contributed by atoms with E-state index >= 15 is 0 Å². The first-order chi connectivity index (χ1) is 18.5. The van der Waals surface area contributed by atoms with Crippen molar-refractivity contribution in [3.8, 4) is 0 Å². The van der Waals surface area contributed by atoms with Crippen LogP contribution >= 0.6 is 0 Å². The number of carbonyl (C=O) groups excluding carboxylic acids is 2. The molecule has 0 saturated heterocycles. The summed E-state index contributed by atoms with van der Waals surface area (Å²) < 4.78 is 11.5. The Morgan fingerprint density at radius 2 is 1.82 bits per heavy atom. The molecule has 0 aromatic rings. The van der Waals surface area contributed by atoms with Crippen molar-refractivity contribution in [2.24, 2.45) is 11.8 Å². The van der Waals surface area contributed by atoms with E-state index in [-0.39, 0.29) is 36.0 Å². The van der Waals surface area contributed by atoms with E-state index in [0.717, 1.165) is 42.4 Å². The van der Waals surface area contributed by atoms with Gasteiger partial charge in [-0.3, -0.25) is 4.79 Å². The maximum Gasteiger partial charge on any atom is 0.331 e. The normalized spacial score (nSPS) is 24.4. The van der Waals surface area contributed by atoms with Crippen LogP contribution in [0.2, 0.25) is 0 Å². The summed E-state index contributed by atoms with van der Waals surface area (Å²) in [5, 5.41) is 10.0. The van der Waals surface area contributed by atoms with Gasteiger partial charge in [0.15, 0.2) is 0 Å². The molecule has 0 saturated carbocycles. The fraction of sp³-hybridized carbons (Fsp3) is 0.588. The first-order valence-electron chi connectivity index (χ1n) is 14.6. The summed E-state index contributed by atoms with van der Waals surface area (Å²) in [5.41, 5.74) is 3.01. The number of allylic oxidation sites excluding steroid dienone is 9. The fourth-order valence-corrected chi connectivity index (χ4v) is 4.33. The highest BCUT2D eigenvalue weighted by Crippen LogP contribution is 2.22. The van der Waals surface area contributed by atoms with Gasteiger partial charge in [-0.25, -0.2) is 4.79 Å². The van der Waals surface area contributed by atoms with Crippen LogP contribution in [-0.4, -0.2) is 35.4 Å². The molecule has 0 radical (unpaired) electrons. The lowest BCUT2D eigenvalue weighted by atomic mass is 9.94. The third kappa shape index (κ3) is 16.1. The number of esters is 2. The van der Waals surface area contributed by atoms with Crippen molar-refractivity contribution in [2.75, 3.05) is 0 Å². The molecule has 0 amide bonds. The average Bonchev–Trinajstić information content (AvgIpc) is 2.86. The molecule has 0 aromatic heterocycles. The number of hydrogen-bond donors (Lipinski definition) is 1. The van der Waals surface area contributed by atoms with Crippen molar-refractivity contribution < 1.29 is 24.2 Å². The molecule has 0 spiro atoms. The second-order valence-corrected chi connectivity index (χ2v) is 11.2. The molecule has 218 valence electrons. The van der Waals surface area contributed by atoms with Crippen LogP contribution in [0.5, 0.6) is 0 Å². The average molecular weight is 541 g/mol. The first kappa shape index (κ1) is 34.4. The number of cyclic esters (lactones) is 1. The zero-order chi connectivity index (χ0) is 29.2. The number of unbranched alkanes of at least 4 members (excludes halogenated alkanes) is 1. The number of rotatable bonds is 11. The van der Waals surface area contributed by atoms with E-state index in [1.165, 1.54) is 6.08 Å². The molecule has 1 aliphatic rings. The predicted octanol–water partition coefficient (Wildman–Crippen LogP) is 8.12. The van der Waals surface area contributed by atoms with E-state index < -0.39 is 6.10 Å². The molecule has 0 aromatic carbocycles. The zero-order valence-corrected chi connectivity index (χ0v) is 25.3. The molecular weight excluding hydrogens is 488 g/mol. The van der Waals surface area contributed by atoms with E-state index in [9.17, 15) is 14.7 Å². The lowest BCUT2D eigenvalue weighted by molar-refractivity contribution is -0.151. The summed E-state index contributed by atoms with van der Waals surface area (Å²) in [7, 11) is 0. The van der Waals surface area contributed by atoms with Crippen molar-refractivity contribution in [1.29, 1.82) is 0 Å². The molecule has 0 unspecified atom stereocenters. The van der Waals surface area contributed by atoms with E-state index in [1.807, 2.05) is 51.2 Å². The molecule has 1 aliphatic heterocycles. The lowest BCUT2D eigenvalue weighted by Gasteiger charge is -2.24. The van der Waals surface area contributed by atoms with Crippen molar-refractivity contribution in [1.82, 2.24) is 0 Å². The molecular formula is C34H52O5. The largest absolute Gasteiger partial charge is 0.462 e. The van der Waals surface area contributed by atoms with Gasteiger partial charge >= 0.3 is 11.9 Å². The van der Waals surface area contributed by atoms with Gasteiger partial charge in [0, 0.05) is 18.9 Å². The second kappa shape index (κ2) is 19.4. The van der Waals surface area contributed by atoms with Gasteiger partial charge in [0.25, 0.3) is 0 Å². The summed E-state index contributed by atoms with van der Waals surface area (Å²) in [6.45, 7) is 14.3. The van der Waals surface area contributed by atoms with Gasteiger partial charge in [-0.1, -0.05) is 106 Å². The minimum absolute atomic E-state index is 0.0941. The van der Waals surface area contributed by atoms with Gasteiger partial charge in [-0.2, -0.15) is 0 Å². The molecule has 0 aliphatic carbocycles. The Hall–Kier alpha value is -2.66. The van der Waals surface area contributed by atoms with E-state index in [2.05, 4.69) is 39.8 Å². The third-order valence-electron chi connectivity index (χ3n) is 6.81. The first-order valence-corrected chi connectivity index (χ1v) is 14.6. The van der Waals surface area contributed by atoms with Crippen LogP contribution in [0.1, 0.15) is 99.8 Å². The summed E-state index contributed by atoms with van der Waals surface area (Å²) in [5.74, 6) is -0.128. The van der Waals surface area contributed by atoms with Crippen LogP contribution < -0.4 is 0 Å². The monoisotopic (exact) mass is 540 g/mol. The Kier molecular flexibility index (Phi) is 17.1. The van der Waals surface area contributed by atoms with Gasteiger partial charge in [0.05, 0.1) is 6.10 Å². The maximum atomic E-state index is 12.6. The van der Waals surface area contributed by atoms with Crippen LogP contribution in [0.4, 0.5) is 0 Å². The maximum absolute atomic E-state index is 12.6. The Morgan fingerprint density at radius 1 is 1.10 bits per heavy atom. The quantitative estimate of drug-likeness (QED) is 0.124. The van der Waals surface area contributed by atoms with Crippen molar-refractivity contribution >= 4 is 11.9 Å². The second-order valence-electron chi connectivity index (χ2n) is 11.2. The van der Waals surface area contributed by atoms with E-state index in [4.69, 9.17) is 9.47 Å². The zero-order valence-electron chi connectivity index (χ0n) is 25.3. The summed E-state index contributed by atoms with van der Waals surface area (Å²) >= 11 is 0. The van der Waals surface area contributed by atoms with Crippen LogP contribution in [0.25, 0.3) is 0 Å². The molecule has 1 N–H and O–H groups in total. The highest BCUT2D eigenvalue weighted by Gasteiger charge is 2.23. The Balaban J connectivity index is 2.71. The lowest BCUT2D eigenvalue weighted by Crippen LogP contribution is -2.26. The smallest absolute Gasteiger partial charge is 0.331 e. The van der Waals surface area contributed by atoms with Gasteiger partial charge < -0.3 is 14.6 Å². The highest BCUT2D eigenvalue weighted by molar-refractivity contribution is 5.82. The standard InChI is InChI=1S/C34H52O5/c1-8-9-17-30(35)24-27(5)15-12-14-26(4)23-28(6)21-22-34(37)39-32-19-13-20-33(36)38-31(25(2)3)18-11-10-16-29(32)7/h10-12,14-15,21-25,29-32,35H,8-9,13,16-20H2,1-7H3/b11-10-,15-12+,22-21+,26-14+,27-24+,28-23+/t29-,30-,31+,32-/m0/s1. The van der Waals surface area contributed by atoms with E-state index in [0.29, 0.717) is 25.7 Å². The number of hydrogen-bond acceptors (Lipinski definition) is 5. The van der Waals surface area contributed by atoms with Gasteiger partial charge in [-0.05, 0) is 58.3 Å². The Bertz CT molecular complexity index is 931. The van der Waals surface area contributed by atoms with Gasteiger partial charge in [0.1, 0.15) is 12.2 Å². The number of aliphatic hydroxyl groups is 1. The van der Waals surface area contributed by atoms with Gasteiger partial charge in [-0.15, -0.1) is 0 Å². The molecule has 5 nitrogen and oxygen atoms in total. The minimum atomic E-state index is -0.398. The molecule has 4 atom stereocenters. The van der Waals surface area contributed by atoms with Crippen molar-refractivity contribution in [3.63, 3.8) is 0 Å². The van der Waals surface area contributed by atoms with Crippen molar-refractivity contribution in [3.05, 3.63) is 71.4 Å². The Labute approximate surface area is 237 Å². The summed E-state index contributed by atoms with van der Waals surface area (Å²) in [4.78, 5) is 24.9. The SMILES string of the molecule is CCCC[C@H](O)/C=C(C)/C=C/C=C(C)/C=C(C)/C=C/C(=O)O[C@H]1CCCC(=O)O[C@@H](C(C)C)C/C=C\C[C@@H]1C. The van der Waals surface area contributed by atoms with Crippen LogP contribution in [0.15, 0.2) is 71.4 Å². The van der Waals surface area contributed by atoms with Crippen LogP contribution in [0, 0.1) is 11.8 Å². The van der Waals surface area contributed by atoms with Crippen LogP contribution in [-0.2, 0) is 19.1 Å². The number of carbonyl (C=O) groups is 2. The Morgan fingerprint density at radius 3 is 2.51 bits per heavy atom. The molecule has 1 heterocycles. The number of ether oxygens (including phenoxy) is 2. The molecule has 1 rings (SSSR count). The number of aliphatic hydroxyl groups excluding tert-OH is 1. The molecule has 0 fully saturated rings. The molecule has 0 bridgehead atoms. The highest BCUT2D eigenvalue weighted by atomic mass is 16.5. The summed E-state index contributed by atoms with van der Waals surface area (Å²) in [6, 6.07) is 0. The predicted molar refractivity (Wildman–Crippen MR) is 161 cm³/mol. The van der Waals surface area contributed by atoms with Crippen molar-refractivity contribution in [2.45, 2.75) is 118 Å². The minimum Gasteiger partial charge on any atom is -0.462 e. The van der Waals surface area contributed by atoms with Crippen LogP contribution in [0.3, 0.4) is 0 Å². The van der Waals surface area contributed by atoms with Gasteiger partial charge in [0.2, 0.25) is 0 Å². The summed E-state index contributed by atoms with van der Waals surface area (Å²) in [6.07, 6.45) is 22.5. The fourth-order valence-electron chi connectivity index (χ4n) is 4.33. The molecule has 5 heteroatoms. The third-order valence-corrected chi connectivity index (χ3v) is 6.81. The van der Waals surface area contributed by atoms with E-state index in [1.54, 1.807) is 6.08 Å².